The van der Waals surface area contributed by atoms with Crippen LogP contribution in [0.3, 0.4) is 0 Å². The summed E-state index contributed by atoms with van der Waals surface area (Å²) in [5.41, 5.74) is 1.24. The van der Waals surface area contributed by atoms with Gasteiger partial charge in [-0.1, -0.05) is 42.5 Å². The molecular formula is C27H28N2O6. The SMILES string of the molecule is COc1cccc2cc(C(=O)C3=C(O)C(=O)N(CCCN4CCOCC4)[C@@H]3c3ccccc3)oc12. The molecule has 3 heterocycles. The number of methoxy groups -OCH3 is 1. The normalized spacial score (nSPS) is 19.1. The summed E-state index contributed by atoms with van der Waals surface area (Å²) >= 11 is 0. The molecule has 8 heteroatoms. The van der Waals surface area contributed by atoms with E-state index < -0.39 is 23.5 Å². The van der Waals surface area contributed by atoms with Gasteiger partial charge in [-0.15, -0.1) is 0 Å². The van der Waals surface area contributed by atoms with E-state index >= 15 is 0 Å². The maximum Gasteiger partial charge on any atom is 0.290 e. The van der Waals surface area contributed by atoms with E-state index in [4.69, 9.17) is 13.9 Å². The zero-order valence-corrected chi connectivity index (χ0v) is 19.6. The van der Waals surface area contributed by atoms with Gasteiger partial charge >= 0.3 is 0 Å². The third-order valence-electron chi connectivity index (χ3n) is 6.59. The minimum Gasteiger partial charge on any atom is -0.503 e. The van der Waals surface area contributed by atoms with Gasteiger partial charge in [0.1, 0.15) is 0 Å². The highest BCUT2D eigenvalue weighted by molar-refractivity contribution is 6.16. The molecule has 35 heavy (non-hydrogen) atoms. The Balaban J connectivity index is 1.45. The molecule has 1 N–H and O–H groups in total. The van der Waals surface area contributed by atoms with Crippen molar-refractivity contribution in [1.29, 1.82) is 0 Å². The molecule has 1 fully saturated rings. The second-order valence-corrected chi connectivity index (χ2v) is 8.70. The molecule has 0 spiro atoms. The molecule has 0 radical (unpaired) electrons. The summed E-state index contributed by atoms with van der Waals surface area (Å²) in [6.07, 6.45) is 0.714. The fourth-order valence-corrected chi connectivity index (χ4v) is 4.83. The number of ketones is 1. The number of nitrogens with zero attached hydrogens (tertiary/aromatic N) is 2. The summed E-state index contributed by atoms with van der Waals surface area (Å²) in [6.45, 7) is 4.35. The van der Waals surface area contributed by atoms with Crippen LogP contribution in [0.4, 0.5) is 0 Å². The Kier molecular flexibility index (Phi) is 6.57. The van der Waals surface area contributed by atoms with Crippen LogP contribution in [-0.4, -0.2) is 73.1 Å². The second kappa shape index (κ2) is 9.93. The summed E-state index contributed by atoms with van der Waals surface area (Å²) in [5, 5.41) is 11.6. The molecule has 1 aromatic heterocycles. The highest BCUT2D eigenvalue weighted by atomic mass is 16.5. The van der Waals surface area contributed by atoms with Crippen LogP contribution < -0.4 is 4.74 Å². The van der Waals surface area contributed by atoms with Crippen LogP contribution in [0.1, 0.15) is 28.6 Å². The van der Waals surface area contributed by atoms with Gasteiger partial charge in [0.05, 0.1) is 31.9 Å². The predicted molar refractivity (Wildman–Crippen MR) is 130 cm³/mol. The number of hydrogen-bond donors (Lipinski definition) is 1. The Labute approximate surface area is 203 Å². The Morgan fingerprint density at radius 1 is 1.09 bits per heavy atom. The van der Waals surface area contributed by atoms with E-state index in [2.05, 4.69) is 4.90 Å². The van der Waals surface area contributed by atoms with Crippen LogP contribution in [-0.2, 0) is 9.53 Å². The molecule has 2 aliphatic heterocycles. The summed E-state index contributed by atoms with van der Waals surface area (Å²) < 4.78 is 16.6. The van der Waals surface area contributed by atoms with Gasteiger partial charge in [0, 0.05) is 31.6 Å². The van der Waals surface area contributed by atoms with Crippen molar-refractivity contribution in [2.45, 2.75) is 12.5 Å². The molecule has 0 bridgehead atoms. The van der Waals surface area contributed by atoms with E-state index in [0.717, 1.165) is 25.2 Å². The van der Waals surface area contributed by atoms with Gasteiger partial charge in [0.15, 0.2) is 22.9 Å². The number of rotatable bonds is 8. The number of furan rings is 1. The molecule has 0 saturated carbocycles. The van der Waals surface area contributed by atoms with E-state index in [1.54, 1.807) is 17.0 Å². The number of carbonyl (C=O) groups is 2. The van der Waals surface area contributed by atoms with Crippen LogP contribution in [0.5, 0.6) is 5.75 Å². The first-order valence-electron chi connectivity index (χ1n) is 11.8. The lowest BCUT2D eigenvalue weighted by atomic mass is 9.95. The number of morpholine rings is 1. The van der Waals surface area contributed by atoms with Crippen molar-refractivity contribution in [3.05, 3.63) is 77.3 Å². The fraction of sp³-hybridized carbons (Fsp3) is 0.333. The number of fused-ring (bicyclic) bond motifs is 1. The number of ether oxygens (including phenoxy) is 2. The molecule has 0 aliphatic carbocycles. The molecule has 2 aliphatic rings. The number of aliphatic hydroxyl groups is 1. The summed E-state index contributed by atoms with van der Waals surface area (Å²) in [6, 6.07) is 15.6. The third kappa shape index (κ3) is 4.42. The number of benzene rings is 2. The quantitative estimate of drug-likeness (QED) is 0.495. The molecule has 182 valence electrons. The smallest absolute Gasteiger partial charge is 0.290 e. The lowest BCUT2D eigenvalue weighted by molar-refractivity contribution is -0.129. The third-order valence-corrected chi connectivity index (χ3v) is 6.59. The van der Waals surface area contributed by atoms with Gasteiger partial charge < -0.3 is 23.9 Å². The largest absolute Gasteiger partial charge is 0.503 e. The van der Waals surface area contributed by atoms with Crippen molar-refractivity contribution in [2.75, 3.05) is 46.5 Å². The monoisotopic (exact) mass is 476 g/mol. The van der Waals surface area contributed by atoms with Gasteiger partial charge in [-0.2, -0.15) is 0 Å². The summed E-state index contributed by atoms with van der Waals surface area (Å²) in [7, 11) is 1.53. The van der Waals surface area contributed by atoms with Crippen molar-refractivity contribution < 1.29 is 28.6 Å². The fourth-order valence-electron chi connectivity index (χ4n) is 4.83. The van der Waals surface area contributed by atoms with Crippen LogP contribution in [0.25, 0.3) is 11.0 Å². The molecule has 1 amide bonds. The van der Waals surface area contributed by atoms with Gasteiger partial charge in [-0.05, 0) is 24.1 Å². The topological polar surface area (TPSA) is 92.5 Å². The standard InChI is InChI=1S/C27H28N2O6/c1-33-20-10-5-9-19-17-21(35-26(19)20)24(30)22-23(18-7-3-2-4-8-18)29(27(32)25(22)31)12-6-11-28-13-15-34-16-14-28/h2-5,7-10,17,23,31H,6,11-16H2,1H3/t23-/m1/s1. The van der Waals surface area contributed by atoms with Crippen molar-refractivity contribution in [2.24, 2.45) is 0 Å². The van der Waals surface area contributed by atoms with Gasteiger partial charge in [0.25, 0.3) is 5.91 Å². The lowest BCUT2D eigenvalue weighted by Crippen LogP contribution is -2.39. The average Bonchev–Trinajstić information content (AvgIpc) is 3.44. The molecule has 8 nitrogen and oxygen atoms in total. The van der Waals surface area contributed by atoms with Crippen molar-refractivity contribution in [3.63, 3.8) is 0 Å². The zero-order valence-electron chi connectivity index (χ0n) is 19.6. The summed E-state index contributed by atoms with van der Waals surface area (Å²) in [5.74, 6) is -1.03. The van der Waals surface area contributed by atoms with Crippen molar-refractivity contribution >= 4 is 22.7 Å². The van der Waals surface area contributed by atoms with Crippen molar-refractivity contribution in [1.82, 2.24) is 9.80 Å². The van der Waals surface area contributed by atoms with Gasteiger partial charge in [-0.25, -0.2) is 0 Å². The highest BCUT2D eigenvalue weighted by Crippen LogP contribution is 2.40. The predicted octanol–water partition coefficient (Wildman–Crippen LogP) is 3.74. The number of hydrogen-bond acceptors (Lipinski definition) is 7. The Morgan fingerprint density at radius 3 is 2.60 bits per heavy atom. The van der Waals surface area contributed by atoms with E-state index in [1.807, 2.05) is 42.5 Å². The van der Waals surface area contributed by atoms with Gasteiger partial charge in [-0.3, -0.25) is 14.5 Å². The Morgan fingerprint density at radius 2 is 1.86 bits per heavy atom. The minimum atomic E-state index is -0.698. The van der Waals surface area contributed by atoms with Crippen LogP contribution >= 0.6 is 0 Å². The maximum atomic E-state index is 13.7. The van der Waals surface area contributed by atoms with E-state index in [1.165, 1.54) is 7.11 Å². The molecule has 2 aromatic carbocycles. The second-order valence-electron chi connectivity index (χ2n) is 8.70. The summed E-state index contributed by atoms with van der Waals surface area (Å²) in [4.78, 5) is 30.7. The molecule has 1 atom stereocenters. The number of para-hydroxylation sites is 1. The van der Waals surface area contributed by atoms with E-state index in [9.17, 15) is 14.7 Å². The molecule has 0 unspecified atom stereocenters. The highest BCUT2D eigenvalue weighted by Gasteiger charge is 2.44. The molecule has 1 saturated heterocycles. The van der Waals surface area contributed by atoms with Gasteiger partial charge in [0.2, 0.25) is 5.78 Å². The van der Waals surface area contributed by atoms with E-state index in [-0.39, 0.29) is 11.3 Å². The molecule has 3 aromatic rings. The lowest BCUT2D eigenvalue weighted by Gasteiger charge is -2.29. The first-order chi connectivity index (χ1) is 17.1. The zero-order chi connectivity index (χ0) is 24.4. The first kappa shape index (κ1) is 23.1. The van der Waals surface area contributed by atoms with Crippen LogP contribution in [0, 0.1) is 0 Å². The minimum absolute atomic E-state index is 0.0330. The average molecular weight is 477 g/mol. The number of aliphatic hydroxyl groups excluding tert-OH is 1. The van der Waals surface area contributed by atoms with Crippen molar-refractivity contribution in [3.8, 4) is 5.75 Å². The molecule has 5 rings (SSSR count). The molecular weight excluding hydrogens is 448 g/mol. The Hall–Kier alpha value is -3.62. The first-order valence-corrected chi connectivity index (χ1v) is 11.8. The number of amides is 1. The van der Waals surface area contributed by atoms with Crippen LogP contribution in [0.2, 0.25) is 0 Å². The van der Waals surface area contributed by atoms with E-state index in [0.29, 0.717) is 42.9 Å². The Bertz CT molecular complexity index is 1260. The number of carbonyl (C=O) groups excluding carboxylic acids is 2. The maximum absolute atomic E-state index is 13.7. The number of Topliss-reactive ketones (excluding diaryl/α,β-unsaturated/α-hetero) is 1. The van der Waals surface area contributed by atoms with Crippen LogP contribution in [0.15, 0.2) is 70.3 Å².